The average Bonchev–Trinajstić information content (AvgIpc) is 3.23. The van der Waals surface area contributed by atoms with Crippen molar-refractivity contribution in [2.24, 2.45) is 16.7 Å². The van der Waals surface area contributed by atoms with Crippen LogP contribution in [0.15, 0.2) is 6.33 Å². The summed E-state index contributed by atoms with van der Waals surface area (Å²) >= 11 is 0. The Hall–Kier alpha value is -2.03. The first kappa shape index (κ1) is 18.0. The molecule has 2 heterocycles. The van der Waals surface area contributed by atoms with Crippen LogP contribution in [0.4, 0.5) is 22.0 Å². The predicted molar refractivity (Wildman–Crippen MR) is 85.8 cm³/mol. The molecular formula is C19H19F5N3O+. The maximum Gasteiger partial charge on any atom is 0.304 e. The van der Waals surface area contributed by atoms with Crippen molar-refractivity contribution >= 4 is 0 Å². The largest absolute Gasteiger partial charge is 0.363 e. The molecule has 0 amide bonds. The third-order valence-electron chi connectivity index (χ3n) is 7.61. The molecule has 1 aliphatic heterocycles. The maximum atomic E-state index is 14.2. The van der Waals surface area contributed by atoms with Gasteiger partial charge in [-0.25, -0.2) is 17.7 Å². The Morgan fingerprint density at radius 2 is 1.64 bits per heavy atom. The molecule has 2 saturated carbocycles. The van der Waals surface area contributed by atoms with Crippen LogP contribution in [0.2, 0.25) is 0 Å². The highest BCUT2D eigenvalue weighted by molar-refractivity contribution is 5.36. The lowest BCUT2D eigenvalue weighted by atomic mass is 9.70. The molecule has 0 spiro atoms. The molecule has 28 heavy (non-hydrogen) atoms. The minimum atomic E-state index is -2.19. The molecule has 2 bridgehead atoms. The zero-order valence-electron chi connectivity index (χ0n) is 15.6. The standard InChI is InChI=1S/C19H19F5N3O/c1-18(2)8-4-5-19(18,3)17-15(8)26-7-27(25-9(26)6-28-17)16-13(23)11(21)10(20)12(22)14(16)24/h7-8,15,17H,4-6H2,1-3H3/q+1/t8?,15-,17-,19?/m1/s1. The molecule has 0 saturated heterocycles. The van der Waals surface area contributed by atoms with Gasteiger partial charge in [0.25, 0.3) is 0 Å². The van der Waals surface area contributed by atoms with E-state index >= 15 is 0 Å². The first-order valence-electron chi connectivity index (χ1n) is 9.22. The lowest BCUT2D eigenvalue weighted by Crippen LogP contribution is -2.56. The van der Waals surface area contributed by atoms with Crippen molar-refractivity contribution < 1.29 is 31.3 Å². The number of ether oxygens (including phenoxy) is 1. The summed E-state index contributed by atoms with van der Waals surface area (Å²) in [7, 11) is 0. The van der Waals surface area contributed by atoms with E-state index in [4.69, 9.17) is 4.74 Å². The molecule has 3 aliphatic rings. The monoisotopic (exact) mass is 400 g/mol. The molecule has 9 heteroatoms. The van der Waals surface area contributed by atoms with Crippen LogP contribution in [0.5, 0.6) is 0 Å². The lowest BCUT2D eigenvalue weighted by molar-refractivity contribution is -0.756. The Balaban J connectivity index is 1.66. The fourth-order valence-electron chi connectivity index (χ4n) is 5.68. The Morgan fingerprint density at radius 1 is 1.04 bits per heavy atom. The number of fused-ring (bicyclic) bond motifs is 7. The Labute approximate surface area is 157 Å². The minimum Gasteiger partial charge on any atom is -0.363 e. The van der Waals surface area contributed by atoms with Gasteiger partial charge in [0.2, 0.25) is 41.1 Å². The second-order valence-electron chi connectivity index (χ2n) is 8.81. The summed E-state index contributed by atoms with van der Waals surface area (Å²) in [6, 6.07) is -0.0903. The summed E-state index contributed by atoms with van der Waals surface area (Å²) in [5.41, 5.74) is -1.15. The second-order valence-corrected chi connectivity index (χ2v) is 8.81. The van der Waals surface area contributed by atoms with Gasteiger partial charge in [-0.15, -0.1) is 0 Å². The number of aromatic nitrogens is 3. The highest BCUT2D eigenvalue weighted by Crippen LogP contribution is 2.69. The van der Waals surface area contributed by atoms with Crippen LogP contribution in [0.25, 0.3) is 5.69 Å². The van der Waals surface area contributed by atoms with Gasteiger partial charge in [-0.1, -0.05) is 25.5 Å². The van der Waals surface area contributed by atoms with Crippen molar-refractivity contribution in [3.63, 3.8) is 0 Å². The molecule has 0 radical (unpaired) electrons. The van der Waals surface area contributed by atoms with E-state index in [-0.39, 0.29) is 35.5 Å². The third kappa shape index (κ3) is 1.88. The number of benzene rings is 1. The molecule has 4 nitrogen and oxygen atoms in total. The van der Waals surface area contributed by atoms with Gasteiger partial charge in [0.05, 0.1) is 6.10 Å². The molecule has 2 aliphatic carbocycles. The number of hydrogen-bond acceptors (Lipinski definition) is 2. The van der Waals surface area contributed by atoms with Crippen LogP contribution in [0.3, 0.4) is 0 Å². The fraction of sp³-hybridized carbons (Fsp3) is 0.579. The molecular weight excluding hydrogens is 381 g/mol. The Morgan fingerprint density at radius 3 is 2.29 bits per heavy atom. The van der Waals surface area contributed by atoms with Crippen LogP contribution in [0, 0.1) is 45.8 Å². The smallest absolute Gasteiger partial charge is 0.304 e. The van der Waals surface area contributed by atoms with E-state index in [1.807, 2.05) is 0 Å². The third-order valence-corrected chi connectivity index (χ3v) is 7.61. The molecule has 2 unspecified atom stereocenters. The summed E-state index contributed by atoms with van der Waals surface area (Å²) in [5.74, 6) is -9.32. The van der Waals surface area contributed by atoms with E-state index in [0.717, 1.165) is 17.5 Å². The fourth-order valence-corrected chi connectivity index (χ4v) is 5.68. The van der Waals surface area contributed by atoms with Crippen molar-refractivity contribution in [3.05, 3.63) is 41.2 Å². The van der Waals surface area contributed by atoms with Crippen LogP contribution in [-0.2, 0) is 11.3 Å². The zero-order valence-corrected chi connectivity index (χ0v) is 15.6. The molecule has 4 atom stereocenters. The summed E-state index contributed by atoms with van der Waals surface area (Å²) in [6.45, 7) is 6.70. The first-order chi connectivity index (χ1) is 13.1. The Kier molecular flexibility index (Phi) is 3.42. The van der Waals surface area contributed by atoms with Crippen LogP contribution in [0.1, 0.15) is 45.5 Å². The molecule has 150 valence electrons. The second kappa shape index (κ2) is 5.31. The van der Waals surface area contributed by atoms with Gasteiger partial charge in [-0.3, -0.25) is 0 Å². The molecule has 1 aromatic heterocycles. The Bertz CT molecular complexity index is 990. The van der Waals surface area contributed by atoms with Gasteiger partial charge in [0.1, 0.15) is 12.6 Å². The van der Waals surface area contributed by atoms with Crippen LogP contribution in [-0.4, -0.2) is 15.9 Å². The summed E-state index contributed by atoms with van der Waals surface area (Å²) < 4.78 is 77.7. The molecule has 0 N–H and O–H groups in total. The average molecular weight is 400 g/mol. The molecule has 2 fully saturated rings. The first-order valence-corrected chi connectivity index (χ1v) is 9.22. The van der Waals surface area contributed by atoms with E-state index in [1.54, 1.807) is 4.57 Å². The number of nitrogens with zero attached hydrogens (tertiary/aromatic N) is 3. The molecule has 1 aromatic carbocycles. The van der Waals surface area contributed by atoms with Gasteiger partial charge < -0.3 is 4.74 Å². The van der Waals surface area contributed by atoms with Crippen molar-refractivity contribution in [3.8, 4) is 5.69 Å². The van der Waals surface area contributed by atoms with Crippen molar-refractivity contribution in [2.45, 2.75) is 52.4 Å². The van der Waals surface area contributed by atoms with Crippen LogP contribution < -0.4 is 4.57 Å². The van der Waals surface area contributed by atoms with Crippen molar-refractivity contribution in [2.75, 3.05) is 0 Å². The lowest BCUT2D eigenvalue weighted by Gasteiger charge is -2.40. The summed E-state index contributed by atoms with van der Waals surface area (Å²) in [5, 5.41) is 4.09. The van der Waals surface area contributed by atoms with E-state index in [1.165, 1.54) is 6.33 Å². The van der Waals surface area contributed by atoms with Gasteiger partial charge in [0.15, 0.2) is 0 Å². The highest BCUT2D eigenvalue weighted by Gasteiger charge is 2.70. The van der Waals surface area contributed by atoms with Gasteiger partial charge >= 0.3 is 5.82 Å². The molecule has 2 aromatic rings. The van der Waals surface area contributed by atoms with Crippen LogP contribution >= 0.6 is 0 Å². The van der Waals surface area contributed by atoms with Gasteiger partial charge in [-0.2, -0.15) is 8.78 Å². The molecule has 5 rings (SSSR count). The van der Waals surface area contributed by atoms with E-state index in [2.05, 4.69) is 25.9 Å². The van der Waals surface area contributed by atoms with Gasteiger partial charge in [0, 0.05) is 16.4 Å². The minimum absolute atomic E-state index is 0.0103. The SMILES string of the molecule is CC1(C)C2CCC1(C)[C@@H]1OCc3nn(-c4c(F)c(F)c(F)c(F)c4F)c[n+]3[C@H]21. The van der Waals surface area contributed by atoms with Crippen molar-refractivity contribution in [1.29, 1.82) is 0 Å². The summed E-state index contributed by atoms with van der Waals surface area (Å²) in [4.78, 5) is 0. The summed E-state index contributed by atoms with van der Waals surface area (Å²) in [6.07, 6.45) is 3.24. The van der Waals surface area contributed by atoms with E-state index in [0.29, 0.717) is 5.82 Å². The van der Waals surface area contributed by atoms with Gasteiger partial charge in [-0.05, 0) is 18.3 Å². The predicted octanol–water partition coefficient (Wildman–Crippen LogP) is 3.75. The number of rotatable bonds is 1. The normalized spacial score (nSPS) is 32.5. The zero-order chi connectivity index (χ0) is 20.2. The van der Waals surface area contributed by atoms with E-state index in [9.17, 15) is 22.0 Å². The maximum absolute atomic E-state index is 14.2. The highest BCUT2D eigenvalue weighted by atomic mass is 19.2. The van der Waals surface area contributed by atoms with E-state index < -0.39 is 34.8 Å². The number of halogens is 5. The quantitative estimate of drug-likeness (QED) is 0.316. The van der Waals surface area contributed by atoms with Crippen molar-refractivity contribution in [1.82, 2.24) is 9.78 Å². The number of hydrogen-bond donors (Lipinski definition) is 0. The topological polar surface area (TPSA) is 30.9 Å².